The van der Waals surface area contributed by atoms with Crippen LogP contribution < -0.4 is 10.6 Å². The lowest BCUT2D eigenvalue weighted by atomic mass is 10.1. The molecular weight excluding hydrogens is 254 g/mol. The summed E-state index contributed by atoms with van der Waals surface area (Å²) in [5.74, 6) is -0.351. The number of hydrogen-bond donors (Lipinski definition) is 2. The summed E-state index contributed by atoms with van der Waals surface area (Å²) < 4.78 is 0. The molecule has 1 rings (SSSR count). The maximum Gasteiger partial charge on any atom is 0.251 e. The van der Waals surface area contributed by atoms with Crippen LogP contribution in [0.2, 0.25) is 0 Å². The Hall–Kier alpha value is -2.35. The van der Waals surface area contributed by atoms with Crippen molar-refractivity contribution in [2.75, 3.05) is 6.54 Å². The molecule has 5 nitrogen and oxygen atoms in total. The maximum absolute atomic E-state index is 11.8. The molecule has 0 saturated heterocycles. The molecule has 0 atom stereocenters. The second-order valence-corrected chi connectivity index (χ2v) is 5.49. The van der Waals surface area contributed by atoms with E-state index < -0.39 is 0 Å². The molecule has 0 unspecified atom stereocenters. The Morgan fingerprint density at radius 1 is 1.20 bits per heavy atom. The summed E-state index contributed by atoms with van der Waals surface area (Å²) in [7, 11) is 0. The number of nitriles is 1. The molecule has 0 aliphatic rings. The zero-order valence-electron chi connectivity index (χ0n) is 12.0. The van der Waals surface area contributed by atoms with E-state index in [1.165, 1.54) is 0 Å². The van der Waals surface area contributed by atoms with Crippen LogP contribution in [0.4, 0.5) is 0 Å². The van der Waals surface area contributed by atoms with Gasteiger partial charge in [-0.25, -0.2) is 0 Å². The molecular formula is C15H19N3O2. The van der Waals surface area contributed by atoms with Gasteiger partial charge in [0.25, 0.3) is 5.91 Å². The molecule has 2 amide bonds. The van der Waals surface area contributed by atoms with E-state index in [0.717, 1.165) is 0 Å². The summed E-state index contributed by atoms with van der Waals surface area (Å²) in [5, 5.41) is 14.2. The van der Waals surface area contributed by atoms with E-state index in [1.807, 2.05) is 26.8 Å². The molecule has 0 aromatic heterocycles. The molecule has 0 spiro atoms. The molecule has 0 radical (unpaired) electrons. The number of benzene rings is 1. The van der Waals surface area contributed by atoms with Gasteiger partial charge in [0, 0.05) is 24.1 Å². The normalized spacial score (nSPS) is 10.5. The van der Waals surface area contributed by atoms with Crippen molar-refractivity contribution in [2.45, 2.75) is 32.7 Å². The fourth-order valence-electron chi connectivity index (χ4n) is 1.57. The number of nitrogens with one attached hydrogen (secondary N) is 2. The Labute approximate surface area is 119 Å². The Balaban J connectivity index is 2.40. The van der Waals surface area contributed by atoms with Crippen molar-refractivity contribution in [1.29, 1.82) is 5.26 Å². The third-order valence-corrected chi connectivity index (χ3v) is 2.43. The zero-order valence-corrected chi connectivity index (χ0v) is 12.0. The Morgan fingerprint density at radius 2 is 1.80 bits per heavy atom. The lowest BCUT2D eigenvalue weighted by Crippen LogP contribution is -2.41. The van der Waals surface area contributed by atoms with Gasteiger partial charge in [-0.3, -0.25) is 9.59 Å². The predicted molar refractivity (Wildman–Crippen MR) is 76.0 cm³/mol. The van der Waals surface area contributed by atoms with Crippen molar-refractivity contribution >= 4 is 11.8 Å². The molecule has 5 heteroatoms. The molecule has 0 fully saturated rings. The quantitative estimate of drug-likeness (QED) is 0.874. The van der Waals surface area contributed by atoms with E-state index in [4.69, 9.17) is 5.26 Å². The number of carbonyl (C=O) groups is 2. The van der Waals surface area contributed by atoms with Crippen LogP contribution in [0.5, 0.6) is 0 Å². The van der Waals surface area contributed by atoms with Gasteiger partial charge >= 0.3 is 0 Å². The minimum absolute atomic E-state index is 0.0994. The Morgan fingerprint density at radius 3 is 2.30 bits per heavy atom. The molecule has 1 aromatic rings. The minimum Gasteiger partial charge on any atom is -0.352 e. The van der Waals surface area contributed by atoms with Gasteiger partial charge in [-0.05, 0) is 45.0 Å². The third kappa shape index (κ3) is 5.53. The van der Waals surface area contributed by atoms with Gasteiger partial charge in [0.05, 0.1) is 11.6 Å². The number of rotatable bonds is 4. The molecule has 0 aliphatic carbocycles. The molecule has 20 heavy (non-hydrogen) atoms. The van der Waals surface area contributed by atoms with Crippen molar-refractivity contribution < 1.29 is 9.59 Å². The van der Waals surface area contributed by atoms with Crippen molar-refractivity contribution in [1.82, 2.24) is 10.6 Å². The third-order valence-electron chi connectivity index (χ3n) is 2.43. The van der Waals surface area contributed by atoms with Gasteiger partial charge in [-0.15, -0.1) is 0 Å². The van der Waals surface area contributed by atoms with Crippen molar-refractivity contribution in [2.24, 2.45) is 0 Å². The van der Waals surface area contributed by atoms with Gasteiger partial charge in [0.1, 0.15) is 0 Å². The van der Waals surface area contributed by atoms with Crippen LogP contribution in [-0.2, 0) is 4.79 Å². The molecule has 0 heterocycles. The van der Waals surface area contributed by atoms with E-state index in [-0.39, 0.29) is 30.3 Å². The number of nitrogens with zero attached hydrogens (tertiary/aromatic N) is 1. The van der Waals surface area contributed by atoms with Gasteiger partial charge in [0.2, 0.25) is 5.91 Å². The van der Waals surface area contributed by atoms with Gasteiger partial charge < -0.3 is 10.6 Å². The molecule has 0 saturated carbocycles. The summed E-state index contributed by atoms with van der Waals surface area (Å²) in [6, 6.07) is 8.33. The smallest absolute Gasteiger partial charge is 0.251 e. The standard InChI is InChI=1S/C15H19N3O2/c1-15(2,3)18-13(19)8-9-17-14(20)12-6-4-11(10-16)5-7-12/h4-7H,8-9H2,1-3H3,(H,17,20)(H,18,19). The van der Waals surface area contributed by atoms with Gasteiger partial charge in [-0.1, -0.05) is 0 Å². The highest BCUT2D eigenvalue weighted by atomic mass is 16.2. The van der Waals surface area contributed by atoms with Gasteiger partial charge in [-0.2, -0.15) is 5.26 Å². The number of hydrogen-bond acceptors (Lipinski definition) is 3. The molecule has 2 N–H and O–H groups in total. The van der Waals surface area contributed by atoms with Crippen LogP contribution in [-0.4, -0.2) is 23.9 Å². The number of amides is 2. The first-order valence-electron chi connectivity index (χ1n) is 6.41. The predicted octanol–water partition coefficient (Wildman–Crippen LogP) is 1.59. The molecule has 106 valence electrons. The summed E-state index contributed by atoms with van der Waals surface area (Å²) in [6.45, 7) is 5.99. The van der Waals surface area contributed by atoms with Crippen LogP contribution in [0.3, 0.4) is 0 Å². The van der Waals surface area contributed by atoms with Crippen LogP contribution in [0.15, 0.2) is 24.3 Å². The first-order valence-corrected chi connectivity index (χ1v) is 6.41. The first-order chi connectivity index (χ1) is 9.31. The van der Waals surface area contributed by atoms with Crippen LogP contribution in [0, 0.1) is 11.3 Å². The van der Waals surface area contributed by atoms with Crippen molar-refractivity contribution in [3.8, 4) is 6.07 Å². The fourth-order valence-corrected chi connectivity index (χ4v) is 1.57. The maximum atomic E-state index is 11.8. The monoisotopic (exact) mass is 273 g/mol. The van der Waals surface area contributed by atoms with Crippen LogP contribution >= 0.6 is 0 Å². The van der Waals surface area contributed by atoms with Crippen molar-refractivity contribution in [3.05, 3.63) is 35.4 Å². The molecule has 0 aliphatic heterocycles. The van der Waals surface area contributed by atoms with E-state index >= 15 is 0 Å². The average Bonchev–Trinajstić information content (AvgIpc) is 2.36. The molecule has 0 bridgehead atoms. The summed E-state index contributed by atoms with van der Waals surface area (Å²) in [4.78, 5) is 23.3. The average molecular weight is 273 g/mol. The summed E-state index contributed by atoms with van der Waals surface area (Å²) >= 11 is 0. The highest BCUT2D eigenvalue weighted by Crippen LogP contribution is 2.03. The van der Waals surface area contributed by atoms with E-state index in [9.17, 15) is 9.59 Å². The van der Waals surface area contributed by atoms with E-state index in [1.54, 1.807) is 24.3 Å². The summed E-state index contributed by atoms with van der Waals surface area (Å²) in [6.07, 6.45) is 0.235. The number of carbonyl (C=O) groups excluding carboxylic acids is 2. The summed E-state index contributed by atoms with van der Waals surface area (Å²) in [5.41, 5.74) is 0.708. The highest BCUT2D eigenvalue weighted by Gasteiger charge is 2.13. The SMILES string of the molecule is CC(C)(C)NC(=O)CCNC(=O)c1ccc(C#N)cc1. The Bertz CT molecular complexity index is 522. The first kappa shape index (κ1) is 15.7. The van der Waals surface area contributed by atoms with Gasteiger partial charge in [0.15, 0.2) is 0 Å². The molecule has 1 aromatic carbocycles. The Kier molecular flexibility index (Phi) is 5.27. The van der Waals surface area contributed by atoms with Crippen LogP contribution in [0.1, 0.15) is 43.1 Å². The second-order valence-electron chi connectivity index (χ2n) is 5.49. The zero-order chi connectivity index (χ0) is 15.2. The lowest BCUT2D eigenvalue weighted by molar-refractivity contribution is -0.122. The van der Waals surface area contributed by atoms with E-state index in [2.05, 4.69) is 10.6 Å². The fraction of sp³-hybridized carbons (Fsp3) is 0.400. The van der Waals surface area contributed by atoms with Crippen LogP contribution in [0.25, 0.3) is 0 Å². The lowest BCUT2D eigenvalue weighted by Gasteiger charge is -2.20. The minimum atomic E-state index is -0.270. The highest BCUT2D eigenvalue weighted by molar-refractivity contribution is 5.94. The topological polar surface area (TPSA) is 82.0 Å². The van der Waals surface area contributed by atoms with Crippen molar-refractivity contribution in [3.63, 3.8) is 0 Å². The largest absolute Gasteiger partial charge is 0.352 e. The van der Waals surface area contributed by atoms with E-state index in [0.29, 0.717) is 11.1 Å². The second kappa shape index (κ2) is 6.71.